The molecule has 0 radical (unpaired) electrons. The predicted molar refractivity (Wildman–Crippen MR) is 77.7 cm³/mol. The number of carbonyl (C=O) groups is 1. The fourth-order valence-electron chi connectivity index (χ4n) is 2.92. The first kappa shape index (κ1) is 14.9. The number of alkyl halides is 2. The molecule has 0 spiro atoms. The second-order valence-electron chi connectivity index (χ2n) is 5.81. The number of amides is 1. The van der Waals surface area contributed by atoms with Crippen LogP contribution in [0.25, 0.3) is 11.0 Å². The van der Waals surface area contributed by atoms with Gasteiger partial charge in [0, 0.05) is 5.69 Å². The zero-order chi connectivity index (χ0) is 15.7. The molecule has 0 atom stereocenters. The summed E-state index contributed by atoms with van der Waals surface area (Å²) in [7, 11) is 0. The number of aromatic nitrogens is 2. The molecule has 22 heavy (non-hydrogen) atoms. The zero-order valence-electron chi connectivity index (χ0n) is 11.9. The second-order valence-corrected chi connectivity index (χ2v) is 5.81. The van der Waals surface area contributed by atoms with Gasteiger partial charge in [-0.15, -0.1) is 0 Å². The SMILES string of the molecule is O=C(CC1(O)CCCC1)Nc1ccc2nc(C(F)F)[nH]c2c1. The summed E-state index contributed by atoms with van der Waals surface area (Å²) >= 11 is 0. The van der Waals surface area contributed by atoms with E-state index in [1.807, 2.05) is 0 Å². The van der Waals surface area contributed by atoms with Crippen LogP contribution in [0.15, 0.2) is 18.2 Å². The highest BCUT2D eigenvalue weighted by Crippen LogP contribution is 2.32. The number of benzene rings is 1. The molecule has 0 aliphatic heterocycles. The van der Waals surface area contributed by atoms with Gasteiger partial charge in [0.15, 0.2) is 5.82 Å². The highest BCUT2D eigenvalue weighted by atomic mass is 19.3. The van der Waals surface area contributed by atoms with E-state index in [-0.39, 0.29) is 12.3 Å². The third-order valence-electron chi connectivity index (χ3n) is 4.01. The minimum atomic E-state index is -2.66. The van der Waals surface area contributed by atoms with E-state index in [4.69, 9.17) is 0 Å². The Morgan fingerprint density at radius 1 is 1.41 bits per heavy atom. The molecular formula is C15H17F2N3O2. The molecule has 3 N–H and O–H groups in total. The van der Waals surface area contributed by atoms with Gasteiger partial charge in [0.2, 0.25) is 5.91 Å². The molecule has 1 aliphatic rings. The van der Waals surface area contributed by atoms with Gasteiger partial charge in [0.05, 0.1) is 23.1 Å². The lowest BCUT2D eigenvalue weighted by Gasteiger charge is -2.21. The Balaban J connectivity index is 1.71. The summed E-state index contributed by atoms with van der Waals surface area (Å²) in [5.41, 5.74) is 0.435. The molecule has 1 saturated carbocycles. The Hall–Kier alpha value is -2.02. The highest BCUT2D eigenvalue weighted by Gasteiger charge is 2.33. The zero-order valence-corrected chi connectivity index (χ0v) is 11.9. The van der Waals surface area contributed by atoms with Crippen LogP contribution in [-0.4, -0.2) is 26.6 Å². The lowest BCUT2D eigenvalue weighted by Crippen LogP contribution is -2.30. The van der Waals surface area contributed by atoms with E-state index in [1.54, 1.807) is 18.2 Å². The van der Waals surface area contributed by atoms with Crippen molar-refractivity contribution in [2.24, 2.45) is 0 Å². The minimum Gasteiger partial charge on any atom is -0.389 e. The average Bonchev–Trinajstić information content (AvgIpc) is 3.04. The first-order valence-electron chi connectivity index (χ1n) is 7.25. The number of anilines is 1. The Labute approximate surface area is 125 Å². The number of halogens is 2. The predicted octanol–water partition coefficient (Wildman–Crippen LogP) is 3.13. The molecule has 1 aromatic carbocycles. The van der Waals surface area contributed by atoms with Gasteiger partial charge in [-0.05, 0) is 31.0 Å². The van der Waals surface area contributed by atoms with E-state index in [0.29, 0.717) is 29.6 Å². The highest BCUT2D eigenvalue weighted by molar-refractivity contribution is 5.93. The minimum absolute atomic E-state index is 0.0519. The maximum atomic E-state index is 12.6. The van der Waals surface area contributed by atoms with Gasteiger partial charge in [0.1, 0.15) is 0 Å². The van der Waals surface area contributed by atoms with Crippen molar-refractivity contribution in [1.29, 1.82) is 0 Å². The molecule has 1 aromatic heterocycles. The van der Waals surface area contributed by atoms with Crippen LogP contribution in [0.1, 0.15) is 44.4 Å². The third-order valence-corrected chi connectivity index (χ3v) is 4.01. The van der Waals surface area contributed by atoms with Gasteiger partial charge in [-0.3, -0.25) is 4.79 Å². The van der Waals surface area contributed by atoms with Crippen LogP contribution in [0.5, 0.6) is 0 Å². The van der Waals surface area contributed by atoms with E-state index in [0.717, 1.165) is 12.8 Å². The molecule has 0 saturated heterocycles. The monoisotopic (exact) mass is 309 g/mol. The van der Waals surface area contributed by atoms with E-state index < -0.39 is 17.9 Å². The Morgan fingerprint density at radius 2 is 2.14 bits per heavy atom. The third kappa shape index (κ3) is 3.09. The molecule has 1 heterocycles. The summed E-state index contributed by atoms with van der Waals surface area (Å²) in [6, 6.07) is 4.73. The molecular weight excluding hydrogens is 292 g/mol. The molecule has 1 aliphatic carbocycles. The van der Waals surface area contributed by atoms with E-state index >= 15 is 0 Å². The van der Waals surface area contributed by atoms with E-state index in [9.17, 15) is 18.7 Å². The van der Waals surface area contributed by atoms with Crippen molar-refractivity contribution in [3.63, 3.8) is 0 Å². The van der Waals surface area contributed by atoms with Crippen LogP contribution in [0.3, 0.4) is 0 Å². The summed E-state index contributed by atoms with van der Waals surface area (Å²) in [5.74, 6) is -0.670. The molecule has 3 rings (SSSR count). The number of aliphatic hydroxyl groups is 1. The summed E-state index contributed by atoms with van der Waals surface area (Å²) in [6.45, 7) is 0. The van der Waals surface area contributed by atoms with Crippen molar-refractivity contribution >= 4 is 22.6 Å². The molecule has 1 amide bonds. The molecule has 0 bridgehead atoms. The quantitative estimate of drug-likeness (QED) is 0.812. The Kier molecular flexibility index (Phi) is 3.82. The number of hydrogen-bond donors (Lipinski definition) is 3. The fourth-order valence-corrected chi connectivity index (χ4v) is 2.92. The molecule has 118 valence electrons. The lowest BCUT2D eigenvalue weighted by atomic mass is 9.97. The largest absolute Gasteiger partial charge is 0.389 e. The summed E-state index contributed by atoms with van der Waals surface area (Å²) in [4.78, 5) is 18.3. The number of imidazole rings is 1. The molecule has 5 nitrogen and oxygen atoms in total. The van der Waals surface area contributed by atoms with Crippen molar-refractivity contribution in [1.82, 2.24) is 9.97 Å². The van der Waals surface area contributed by atoms with Crippen molar-refractivity contribution in [3.8, 4) is 0 Å². The van der Waals surface area contributed by atoms with Crippen LogP contribution in [0.4, 0.5) is 14.5 Å². The number of aromatic amines is 1. The smallest absolute Gasteiger partial charge is 0.295 e. The first-order chi connectivity index (χ1) is 10.5. The number of H-pyrrole nitrogens is 1. The number of carbonyl (C=O) groups excluding carboxylic acids is 1. The van der Waals surface area contributed by atoms with Crippen molar-refractivity contribution in [2.45, 2.75) is 44.1 Å². The molecule has 0 unspecified atom stereocenters. The van der Waals surface area contributed by atoms with Crippen molar-refractivity contribution < 1.29 is 18.7 Å². The van der Waals surface area contributed by atoms with Gasteiger partial charge in [-0.25, -0.2) is 13.8 Å². The molecule has 1 fully saturated rings. The van der Waals surface area contributed by atoms with Crippen LogP contribution in [0, 0.1) is 0 Å². The summed E-state index contributed by atoms with van der Waals surface area (Å²) in [6.07, 6.45) is 0.522. The van der Waals surface area contributed by atoms with E-state index in [2.05, 4.69) is 15.3 Å². The molecule has 7 heteroatoms. The number of nitrogens with one attached hydrogen (secondary N) is 2. The number of nitrogens with zero attached hydrogens (tertiary/aromatic N) is 1. The number of hydrogen-bond acceptors (Lipinski definition) is 3. The van der Waals surface area contributed by atoms with Gasteiger partial charge >= 0.3 is 0 Å². The van der Waals surface area contributed by atoms with Gasteiger partial charge in [-0.2, -0.15) is 0 Å². The summed E-state index contributed by atoms with van der Waals surface area (Å²) in [5, 5.41) is 12.9. The maximum Gasteiger partial charge on any atom is 0.295 e. The van der Waals surface area contributed by atoms with Crippen LogP contribution in [0.2, 0.25) is 0 Å². The van der Waals surface area contributed by atoms with Gasteiger partial charge in [-0.1, -0.05) is 12.8 Å². The second kappa shape index (κ2) is 5.64. The standard InChI is InChI=1S/C15H17F2N3O2/c16-13(17)14-19-10-4-3-9(7-11(10)20-14)18-12(21)8-15(22)5-1-2-6-15/h3-4,7,13,22H,1-2,5-6,8H2,(H,18,21)(H,19,20). The number of rotatable bonds is 4. The van der Waals surface area contributed by atoms with Crippen molar-refractivity contribution in [3.05, 3.63) is 24.0 Å². The van der Waals surface area contributed by atoms with Gasteiger partial charge in [0.25, 0.3) is 6.43 Å². The van der Waals surface area contributed by atoms with Crippen molar-refractivity contribution in [2.75, 3.05) is 5.32 Å². The first-order valence-corrected chi connectivity index (χ1v) is 7.25. The maximum absolute atomic E-state index is 12.6. The Bertz CT molecular complexity index is 693. The van der Waals surface area contributed by atoms with Crippen LogP contribution < -0.4 is 5.32 Å². The van der Waals surface area contributed by atoms with Crippen LogP contribution in [-0.2, 0) is 4.79 Å². The normalized spacial score (nSPS) is 17.3. The lowest BCUT2D eigenvalue weighted by molar-refractivity contribution is -0.120. The van der Waals surface area contributed by atoms with Gasteiger partial charge < -0.3 is 15.4 Å². The Morgan fingerprint density at radius 3 is 2.82 bits per heavy atom. The summed E-state index contributed by atoms with van der Waals surface area (Å²) < 4.78 is 25.2. The topological polar surface area (TPSA) is 78.0 Å². The van der Waals surface area contributed by atoms with E-state index in [1.165, 1.54) is 0 Å². The number of fused-ring (bicyclic) bond motifs is 1. The fraction of sp³-hybridized carbons (Fsp3) is 0.467. The average molecular weight is 309 g/mol. The van der Waals surface area contributed by atoms with Crippen LogP contribution >= 0.6 is 0 Å². The molecule has 2 aromatic rings.